The van der Waals surface area contributed by atoms with E-state index in [0.717, 1.165) is 39.0 Å². The number of nitrogens with one attached hydrogen (secondary N) is 6. The molecule has 26 nitrogen and oxygen atoms in total. The van der Waals surface area contributed by atoms with Gasteiger partial charge in [0.05, 0.1) is 43.7 Å². The molecule has 26 heteroatoms. The Bertz CT molecular complexity index is 2800. The number of hydrogen-bond acceptors (Lipinski definition) is 18. The summed E-state index contributed by atoms with van der Waals surface area (Å²) < 4.78 is 16.2. The normalized spacial score (nSPS) is 26.9. The molecular formula is C56H74N8O18. The third kappa shape index (κ3) is 14.7. The second kappa shape index (κ2) is 26.5. The molecule has 0 unspecified atom stereocenters. The monoisotopic (exact) mass is 1150 g/mol. The zero-order valence-electron chi connectivity index (χ0n) is 46.3. The van der Waals surface area contributed by atoms with Crippen molar-refractivity contribution in [3.05, 3.63) is 83.4 Å². The fraction of sp³-hybridized carbons (Fsp3) is 0.536. The molecule has 3 aromatic carbocycles. The number of nitrogens with zero attached hydrogens (tertiary/aromatic N) is 2. The Morgan fingerprint density at radius 1 is 0.744 bits per heavy atom. The van der Waals surface area contributed by atoms with Crippen molar-refractivity contribution in [3.8, 4) is 22.6 Å². The molecule has 13 N–H and O–H groups in total. The molecule has 0 radical (unpaired) electrons. The number of rotatable bonds is 12. The summed E-state index contributed by atoms with van der Waals surface area (Å²) in [5.74, 6) is -8.37. The predicted molar refractivity (Wildman–Crippen MR) is 289 cm³/mol. The standard InChI is InChI=1S/C56H74N8O18/c1-27-24-64-46(47(27)71)51(75)58-23-30(66)21-37(59-55(79)82-56(3,4)5)48(72)60-43(28(2)65)52(76)63-25-31(67)22-38(63)49(73)61-44(41(70)19-29-15-16-39(68)42(20-29)80-6)50(74)62-45(53(64)77)40(69)17-18-57-54(78)81-26-36-34-13-9-7-11-32(34)33-12-8-10-14-35(33)36/h7-16,20,27-28,30-31,36-38,40-41,43-47,65-71H,17-19,21-26H2,1-6H3,(H,57,78)(H,58,75)(H,59,79)(H,60,72)(H,61,73)(H,62,74)/t27-,28+,30+,31+,37-,38-,40+,41+,43-,44-,45-,46-,47-/m0/s1. The molecule has 3 aliphatic heterocycles. The molecule has 3 saturated heterocycles. The maximum absolute atomic E-state index is 15.0. The summed E-state index contributed by atoms with van der Waals surface area (Å²) in [5.41, 5.74) is 3.06. The number of phenolic OH excluding ortho intramolecular Hbond substituents is 1. The minimum atomic E-state index is -2.09. The number of methoxy groups -OCH3 is 1. The first kappa shape index (κ1) is 62.0. The quantitative estimate of drug-likeness (QED) is 0.0969. The van der Waals surface area contributed by atoms with Gasteiger partial charge in [0.2, 0.25) is 35.4 Å². The van der Waals surface area contributed by atoms with Crippen molar-refractivity contribution in [2.45, 2.75) is 145 Å². The first-order valence-corrected chi connectivity index (χ1v) is 27.1. The summed E-state index contributed by atoms with van der Waals surface area (Å²) in [7, 11) is 1.27. The summed E-state index contributed by atoms with van der Waals surface area (Å²) in [5, 5.41) is 93.5. The molecule has 1 aliphatic carbocycles. The molecule has 3 heterocycles. The van der Waals surface area contributed by atoms with Crippen LogP contribution in [-0.2, 0) is 44.7 Å². The SMILES string of the molecule is COc1cc(C[C@@H](O)[C@@H]2NC(=O)[C@@H]3C[C@@H](O)CN3C(=O)[C@H]([C@@H](C)O)NC(=O)[C@@H](NC(=O)OC(C)(C)C)C[C@@H](O)CNC(=O)[C@@H]3[C@@H](O)[C@@H](C)CN3C(=O)[C@H]([C@H](O)CCNC(=O)OCC3c4ccccc4-c4ccccc43)NC2=O)ccc1O. The third-order valence-electron chi connectivity index (χ3n) is 14.9. The van der Waals surface area contributed by atoms with Crippen LogP contribution in [0.4, 0.5) is 9.59 Å². The van der Waals surface area contributed by atoms with Gasteiger partial charge < -0.3 is 91.7 Å². The number of aromatic hydroxyl groups is 1. The van der Waals surface area contributed by atoms with E-state index in [2.05, 4.69) is 31.9 Å². The number of benzene rings is 3. The van der Waals surface area contributed by atoms with Crippen molar-refractivity contribution in [2.75, 3.05) is 39.9 Å². The lowest BCUT2D eigenvalue weighted by molar-refractivity contribution is -0.147. The van der Waals surface area contributed by atoms with Crippen LogP contribution >= 0.6 is 0 Å². The van der Waals surface area contributed by atoms with Crippen LogP contribution in [0.2, 0.25) is 0 Å². The van der Waals surface area contributed by atoms with Gasteiger partial charge >= 0.3 is 12.2 Å². The van der Waals surface area contributed by atoms with Gasteiger partial charge in [0.15, 0.2) is 11.5 Å². The van der Waals surface area contributed by atoms with Gasteiger partial charge in [-0.3, -0.25) is 28.8 Å². The van der Waals surface area contributed by atoms with Gasteiger partial charge in [-0.1, -0.05) is 61.5 Å². The van der Waals surface area contributed by atoms with Crippen LogP contribution in [0, 0.1) is 5.92 Å². The molecule has 446 valence electrons. The Balaban J connectivity index is 1.21. The average molecular weight is 1150 g/mol. The van der Waals surface area contributed by atoms with Crippen LogP contribution in [0.5, 0.6) is 11.5 Å². The van der Waals surface area contributed by atoms with Gasteiger partial charge in [0.25, 0.3) is 0 Å². The van der Waals surface area contributed by atoms with Crippen molar-refractivity contribution >= 4 is 47.6 Å². The van der Waals surface area contributed by atoms with E-state index in [9.17, 15) is 69.3 Å². The van der Waals surface area contributed by atoms with E-state index < -0.39 is 171 Å². The van der Waals surface area contributed by atoms with E-state index in [-0.39, 0.29) is 42.7 Å². The second-order valence-electron chi connectivity index (χ2n) is 22.2. The van der Waals surface area contributed by atoms with Crippen molar-refractivity contribution in [2.24, 2.45) is 5.92 Å². The van der Waals surface area contributed by atoms with E-state index >= 15 is 4.79 Å². The zero-order chi connectivity index (χ0) is 59.9. The number of ether oxygens (including phenoxy) is 3. The largest absolute Gasteiger partial charge is 0.504 e. The highest BCUT2D eigenvalue weighted by Gasteiger charge is 2.50. The fourth-order valence-corrected chi connectivity index (χ4v) is 10.7. The lowest BCUT2D eigenvalue weighted by Crippen LogP contribution is -2.64. The number of β-amino-alcohol motifs (C(OH)–C–C–N with tert-alkyl or cyclic N) is 1. The molecule has 7 rings (SSSR count). The van der Waals surface area contributed by atoms with E-state index in [4.69, 9.17) is 14.2 Å². The molecule has 4 aliphatic rings. The minimum Gasteiger partial charge on any atom is -0.504 e. The Hall–Kier alpha value is -7.62. The van der Waals surface area contributed by atoms with Gasteiger partial charge in [-0.2, -0.15) is 0 Å². The predicted octanol–water partition coefficient (Wildman–Crippen LogP) is -1.63. The van der Waals surface area contributed by atoms with Gasteiger partial charge in [-0.05, 0) is 74.1 Å². The molecule has 0 bridgehead atoms. The maximum Gasteiger partial charge on any atom is 0.408 e. The van der Waals surface area contributed by atoms with Crippen molar-refractivity contribution in [1.82, 2.24) is 41.7 Å². The minimum absolute atomic E-state index is 0.0264. The van der Waals surface area contributed by atoms with Crippen LogP contribution in [0.3, 0.4) is 0 Å². The number of fused-ring (bicyclic) bond motifs is 5. The molecule has 13 atom stereocenters. The Labute approximate surface area is 472 Å². The summed E-state index contributed by atoms with van der Waals surface area (Å²) in [6.45, 7) is 5.27. The summed E-state index contributed by atoms with van der Waals surface area (Å²) in [6.07, 6.45) is -14.4. The fourth-order valence-electron chi connectivity index (χ4n) is 10.7. The molecular weight excluding hydrogens is 1070 g/mol. The van der Waals surface area contributed by atoms with E-state index in [1.165, 1.54) is 53.0 Å². The topological polar surface area (TPSA) is 385 Å². The number of alkyl carbamates (subject to hydrolysis) is 2. The Morgan fingerprint density at radius 2 is 1.37 bits per heavy atom. The van der Waals surface area contributed by atoms with E-state index in [1.54, 1.807) is 0 Å². The number of phenols is 1. The number of aliphatic hydroxyl groups excluding tert-OH is 6. The highest BCUT2D eigenvalue weighted by atomic mass is 16.6. The maximum atomic E-state index is 15.0. The number of carbonyl (C=O) groups excluding carboxylic acids is 8. The van der Waals surface area contributed by atoms with Crippen LogP contribution in [0.15, 0.2) is 66.7 Å². The van der Waals surface area contributed by atoms with Crippen LogP contribution in [0.25, 0.3) is 11.1 Å². The lowest BCUT2D eigenvalue weighted by atomic mass is 9.98. The molecule has 3 aromatic rings. The molecule has 0 aromatic heterocycles. The average Bonchev–Trinajstić information content (AvgIpc) is 3.64. The summed E-state index contributed by atoms with van der Waals surface area (Å²) in [6, 6.07) is 8.13. The highest BCUT2D eigenvalue weighted by molar-refractivity contribution is 5.98. The molecule has 82 heavy (non-hydrogen) atoms. The Morgan fingerprint density at radius 3 is 2.00 bits per heavy atom. The highest BCUT2D eigenvalue weighted by Crippen LogP contribution is 2.44. The zero-order valence-corrected chi connectivity index (χ0v) is 46.3. The number of amides is 8. The van der Waals surface area contributed by atoms with Crippen LogP contribution in [0.1, 0.15) is 76.5 Å². The first-order chi connectivity index (χ1) is 38.8. The molecule has 0 spiro atoms. The van der Waals surface area contributed by atoms with Gasteiger partial charge in [-0.15, -0.1) is 0 Å². The van der Waals surface area contributed by atoms with Gasteiger partial charge in [0.1, 0.15) is 48.5 Å². The lowest BCUT2D eigenvalue weighted by Gasteiger charge is -2.34. The first-order valence-electron chi connectivity index (χ1n) is 27.1. The van der Waals surface area contributed by atoms with Crippen molar-refractivity contribution in [3.63, 3.8) is 0 Å². The van der Waals surface area contributed by atoms with Gasteiger partial charge in [-0.25, -0.2) is 9.59 Å². The van der Waals surface area contributed by atoms with Gasteiger partial charge in [0, 0.05) is 57.3 Å². The Kier molecular flexibility index (Phi) is 20.1. The van der Waals surface area contributed by atoms with E-state index in [1.807, 2.05) is 48.5 Å². The third-order valence-corrected chi connectivity index (χ3v) is 14.9. The van der Waals surface area contributed by atoms with Crippen molar-refractivity contribution < 1.29 is 88.3 Å². The molecule has 8 amide bonds. The summed E-state index contributed by atoms with van der Waals surface area (Å²) in [4.78, 5) is 115. The van der Waals surface area contributed by atoms with Crippen molar-refractivity contribution in [1.29, 1.82) is 0 Å². The van der Waals surface area contributed by atoms with Crippen LogP contribution in [-0.4, -0.2) is 212 Å². The number of hydrogen-bond donors (Lipinski definition) is 13. The van der Waals surface area contributed by atoms with E-state index in [0.29, 0.717) is 0 Å². The number of carbonyl (C=O) groups is 8. The van der Waals surface area contributed by atoms with Crippen LogP contribution < -0.4 is 36.6 Å². The summed E-state index contributed by atoms with van der Waals surface area (Å²) >= 11 is 0. The number of aliphatic hydroxyl groups is 6. The molecule has 0 saturated carbocycles. The smallest absolute Gasteiger partial charge is 0.408 e. The second-order valence-corrected chi connectivity index (χ2v) is 22.2. The molecule has 3 fully saturated rings.